The second-order valence-corrected chi connectivity index (χ2v) is 6.10. The average Bonchev–Trinajstić information content (AvgIpc) is 2.46. The van der Waals surface area contributed by atoms with Crippen LogP contribution in [0.4, 0.5) is 10.1 Å². The van der Waals surface area contributed by atoms with Crippen molar-refractivity contribution in [2.45, 2.75) is 50.4 Å². The van der Waals surface area contributed by atoms with Crippen molar-refractivity contribution in [2.24, 2.45) is 5.92 Å². The van der Waals surface area contributed by atoms with E-state index in [1.165, 1.54) is 38.5 Å². The standard InChI is InChI=1S/C16H21ClFN/c17-11-13-6-3-8-14(18)16(13)19-10-4-7-12-5-1-2-9-15(12)19/h3,6,8,12,15H,1-2,4-5,7,9-11H2/t12-,15-/m1/s1. The monoisotopic (exact) mass is 281 g/mol. The molecule has 0 aromatic heterocycles. The van der Waals surface area contributed by atoms with Gasteiger partial charge < -0.3 is 4.90 Å². The summed E-state index contributed by atoms with van der Waals surface area (Å²) in [7, 11) is 0. The van der Waals surface area contributed by atoms with Gasteiger partial charge in [-0.25, -0.2) is 4.39 Å². The molecule has 0 N–H and O–H groups in total. The van der Waals surface area contributed by atoms with Crippen LogP contribution in [0.15, 0.2) is 18.2 Å². The summed E-state index contributed by atoms with van der Waals surface area (Å²) in [6.45, 7) is 0.978. The third-order valence-corrected chi connectivity index (χ3v) is 5.03. The van der Waals surface area contributed by atoms with Crippen molar-refractivity contribution in [1.29, 1.82) is 0 Å². The molecule has 1 heterocycles. The molecule has 1 aliphatic heterocycles. The van der Waals surface area contributed by atoms with E-state index in [1.54, 1.807) is 12.1 Å². The third kappa shape index (κ3) is 2.47. The first-order chi connectivity index (χ1) is 9.31. The number of benzene rings is 1. The van der Waals surface area contributed by atoms with Crippen molar-refractivity contribution >= 4 is 17.3 Å². The molecule has 2 fully saturated rings. The molecule has 0 unspecified atom stereocenters. The van der Waals surface area contributed by atoms with Gasteiger partial charge in [0.25, 0.3) is 0 Å². The number of alkyl halides is 1. The Balaban J connectivity index is 1.96. The van der Waals surface area contributed by atoms with Crippen molar-refractivity contribution in [3.05, 3.63) is 29.6 Å². The molecule has 19 heavy (non-hydrogen) atoms. The van der Waals surface area contributed by atoms with Crippen LogP contribution in [0, 0.1) is 11.7 Å². The van der Waals surface area contributed by atoms with Crippen LogP contribution in [0.2, 0.25) is 0 Å². The van der Waals surface area contributed by atoms with E-state index in [0.29, 0.717) is 11.9 Å². The molecule has 2 aliphatic rings. The lowest BCUT2D eigenvalue weighted by atomic mass is 9.78. The topological polar surface area (TPSA) is 3.24 Å². The average molecular weight is 282 g/mol. The van der Waals surface area contributed by atoms with E-state index in [9.17, 15) is 4.39 Å². The molecule has 3 heteroatoms. The maximum Gasteiger partial charge on any atom is 0.146 e. The molecule has 1 aromatic carbocycles. The fourth-order valence-electron chi connectivity index (χ4n) is 3.89. The van der Waals surface area contributed by atoms with Crippen LogP contribution in [0.1, 0.15) is 44.1 Å². The Morgan fingerprint density at radius 2 is 1.95 bits per heavy atom. The fourth-order valence-corrected chi connectivity index (χ4v) is 4.11. The van der Waals surface area contributed by atoms with Gasteiger partial charge in [-0.1, -0.05) is 25.0 Å². The van der Waals surface area contributed by atoms with Crippen molar-refractivity contribution in [3.63, 3.8) is 0 Å². The Morgan fingerprint density at radius 1 is 1.16 bits per heavy atom. The van der Waals surface area contributed by atoms with Crippen molar-refractivity contribution in [3.8, 4) is 0 Å². The fraction of sp³-hybridized carbons (Fsp3) is 0.625. The summed E-state index contributed by atoms with van der Waals surface area (Å²) in [5.74, 6) is 1.04. The summed E-state index contributed by atoms with van der Waals surface area (Å²) in [6.07, 6.45) is 7.63. The summed E-state index contributed by atoms with van der Waals surface area (Å²) in [4.78, 5) is 2.32. The number of halogens is 2. The van der Waals surface area contributed by atoms with Gasteiger partial charge in [0, 0.05) is 18.5 Å². The zero-order valence-corrected chi connectivity index (χ0v) is 12.0. The second-order valence-electron chi connectivity index (χ2n) is 5.83. The van der Waals surface area contributed by atoms with E-state index in [4.69, 9.17) is 11.6 Å². The highest BCUT2D eigenvalue weighted by molar-refractivity contribution is 6.17. The van der Waals surface area contributed by atoms with E-state index >= 15 is 0 Å². The molecule has 2 atom stereocenters. The largest absolute Gasteiger partial charge is 0.366 e. The molecule has 1 saturated carbocycles. The van der Waals surface area contributed by atoms with Gasteiger partial charge in [-0.3, -0.25) is 0 Å². The Labute approximate surface area is 119 Å². The van der Waals surface area contributed by atoms with Crippen LogP contribution in [0.3, 0.4) is 0 Å². The normalized spacial score (nSPS) is 27.2. The van der Waals surface area contributed by atoms with Gasteiger partial charge in [0.2, 0.25) is 0 Å². The second kappa shape index (κ2) is 5.70. The minimum atomic E-state index is -0.107. The third-order valence-electron chi connectivity index (χ3n) is 4.74. The first-order valence-corrected chi connectivity index (χ1v) is 7.94. The van der Waals surface area contributed by atoms with Crippen LogP contribution in [0.5, 0.6) is 0 Å². The van der Waals surface area contributed by atoms with Crippen LogP contribution >= 0.6 is 11.6 Å². The van der Waals surface area contributed by atoms with E-state index in [-0.39, 0.29) is 5.82 Å². The molecule has 0 radical (unpaired) electrons. The van der Waals surface area contributed by atoms with Crippen molar-refractivity contribution in [1.82, 2.24) is 0 Å². The SMILES string of the molecule is Fc1cccc(CCl)c1N1CCC[C@H]2CCCC[C@H]21. The molecule has 1 aromatic rings. The molecular formula is C16H21ClFN. The predicted molar refractivity (Wildman–Crippen MR) is 78.3 cm³/mol. The molecule has 1 aliphatic carbocycles. The zero-order chi connectivity index (χ0) is 13.2. The van der Waals surface area contributed by atoms with E-state index in [2.05, 4.69) is 4.90 Å². The van der Waals surface area contributed by atoms with E-state index < -0.39 is 0 Å². The highest BCUT2D eigenvalue weighted by Gasteiger charge is 2.34. The van der Waals surface area contributed by atoms with Crippen LogP contribution in [0.25, 0.3) is 0 Å². The van der Waals surface area contributed by atoms with Gasteiger partial charge >= 0.3 is 0 Å². The molecule has 1 nitrogen and oxygen atoms in total. The highest BCUT2D eigenvalue weighted by atomic mass is 35.5. The van der Waals surface area contributed by atoms with E-state index in [0.717, 1.165) is 23.7 Å². The lowest BCUT2D eigenvalue weighted by molar-refractivity contribution is 0.242. The van der Waals surface area contributed by atoms with Gasteiger partial charge in [-0.2, -0.15) is 0 Å². The minimum Gasteiger partial charge on any atom is -0.366 e. The summed E-state index contributed by atoms with van der Waals surface area (Å²) < 4.78 is 14.3. The molecule has 104 valence electrons. The Morgan fingerprint density at radius 3 is 2.79 bits per heavy atom. The number of anilines is 1. The van der Waals surface area contributed by atoms with Crippen LogP contribution in [-0.2, 0) is 5.88 Å². The number of rotatable bonds is 2. The number of piperidine rings is 1. The Bertz CT molecular complexity index is 446. The first kappa shape index (κ1) is 13.2. The molecule has 0 spiro atoms. The van der Waals surface area contributed by atoms with Crippen LogP contribution < -0.4 is 4.90 Å². The first-order valence-electron chi connectivity index (χ1n) is 7.41. The molecule has 0 bridgehead atoms. The summed E-state index contributed by atoms with van der Waals surface area (Å²) >= 11 is 6.01. The van der Waals surface area contributed by atoms with Gasteiger partial charge in [-0.05, 0) is 43.2 Å². The quantitative estimate of drug-likeness (QED) is 0.709. The van der Waals surface area contributed by atoms with Gasteiger partial charge in [0.15, 0.2) is 0 Å². The maximum absolute atomic E-state index is 14.3. The minimum absolute atomic E-state index is 0.107. The smallest absolute Gasteiger partial charge is 0.146 e. The Kier molecular flexibility index (Phi) is 3.97. The maximum atomic E-state index is 14.3. The summed E-state index contributed by atoms with van der Waals surface area (Å²) in [5, 5.41) is 0. The van der Waals surface area contributed by atoms with Crippen LogP contribution in [-0.4, -0.2) is 12.6 Å². The number of fused-ring (bicyclic) bond motifs is 1. The summed E-state index contributed by atoms with van der Waals surface area (Å²) in [5.41, 5.74) is 1.71. The number of para-hydroxylation sites is 1. The molecule has 0 amide bonds. The van der Waals surface area contributed by atoms with E-state index in [1.807, 2.05) is 6.07 Å². The number of hydrogen-bond acceptors (Lipinski definition) is 1. The van der Waals surface area contributed by atoms with Crippen molar-refractivity contribution < 1.29 is 4.39 Å². The zero-order valence-electron chi connectivity index (χ0n) is 11.2. The number of nitrogens with zero attached hydrogens (tertiary/aromatic N) is 1. The summed E-state index contributed by atoms with van der Waals surface area (Å²) in [6, 6.07) is 5.82. The lowest BCUT2D eigenvalue weighted by Gasteiger charge is -2.46. The van der Waals surface area contributed by atoms with Gasteiger partial charge in [-0.15, -0.1) is 11.6 Å². The highest BCUT2D eigenvalue weighted by Crippen LogP contribution is 2.39. The number of hydrogen-bond donors (Lipinski definition) is 0. The molecular weight excluding hydrogens is 261 g/mol. The van der Waals surface area contributed by atoms with Gasteiger partial charge in [0.05, 0.1) is 5.69 Å². The Hall–Kier alpha value is -0.760. The molecule has 1 saturated heterocycles. The molecule has 3 rings (SSSR count). The van der Waals surface area contributed by atoms with Crippen molar-refractivity contribution in [2.75, 3.05) is 11.4 Å². The predicted octanol–water partition coefficient (Wildman–Crippen LogP) is 4.72. The van der Waals surface area contributed by atoms with Gasteiger partial charge in [0.1, 0.15) is 5.82 Å². The lowest BCUT2D eigenvalue weighted by Crippen LogP contribution is -2.47.